The first-order valence-corrected chi connectivity index (χ1v) is 14.8. The van der Waals surface area contributed by atoms with Gasteiger partial charge in [0.25, 0.3) is 0 Å². The number of rotatable bonds is 4. The number of halogens is 1. The molecule has 6 rings (SSSR count). The molecular formula is C27H24BrN3O5S2. The number of thioether (sulfide) groups is 1. The van der Waals surface area contributed by atoms with Gasteiger partial charge >= 0.3 is 4.87 Å². The fourth-order valence-electron chi connectivity index (χ4n) is 5.31. The van der Waals surface area contributed by atoms with Gasteiger partial charge in [0.1, 0.15) is 11.8 Å². The molecule has 3 amide bonds. The van der Waals surface area contributed by atoms with Crippen LogP contribution in [0, 0.1) is 12.8 Å². The summed E-state index contributed by atoms with van der Waals surface area (Å²) in [5, 5.41) is -0.112. The fraction of sp³-hybridized carbons (Fsp3) is 0.333. The number of anilines is 1. The Kier molecular flexibility index (Phi) is 6.79. The van der Waals surface area contributed by atoms with Gasteiger partial charge in [-0.2, -0.15) is 0 Å². The number of hydrogen-bond donors (Lipinski definition) is 0. The SMILES string of the molecule is Cc1ccc(N2C(=O)C3Sc4c(sc(=O)n4CC(=O)N4CCOCC4)[C@H](c4cccc(Br)c4)C3C2=O)cc1. The van der Waals surface area contributed by atoms with Crippen LogP contribution in [0.1, 0.15) is 21.9 Å². The first-order chi connectivity index (χ1) is 18.3. The monoisotopic (exact) mass is 613 g/mol. The molecule has 3 aliphatic heterocycles. The van der Waals surface area contributed by atoms with E-state index in [1.807, 2.05) is 43.3 Å². The molecule has 2 aromatic carbocycles. The Bertz CT molecular complexity index is 1500. The second-order valence-electron chi connectivity index (χ2n) is 9.56. The van der Waals surface area contributed by atoms with Crippen molar-refractivity contribution in [1.82, 2.24) is 9.47 Å². The number of nitrogens with zero attached hydrogens (tertiary/aromatic N) is 3. The molecule has 0 aliphatic carbocycles. The Labute approximate surface area is 235 Å². The van der Waals surface area contributed by atoms with E-state index in [9.17, 15) is 19.2 Å². The fourth-order valence-corrected chi connectivity index (χ4v) is 8.50. The number of benzene rings is 2. The molecule has 2 unspecified atom stereocenters. The Morgan fingerprint density at radius 1 is 1.05 bits per heavy atom. The number of morpholine rings is 1. The van der Waals surface area contributed by atoms with E-state index in [0.29, 0.717) is 37.0 Å². The highest BCUT2D eigenvalue weighted by Gasteiger charge is 2.56. The number of carbonyl (C=O) groups is 3. The molecule has 3 atom stereocenters. The van der Waals surface area contributed by atoms with Crippen LogP contribution in [0.25, 0.3) is 0 Å². The highest BCUT2D eigenvalue weighted by atomic mass is 79.9. The van der Waals surface area contributed by atoms with Gasteiger partial charge in [-0.1, -0.05) is 68.9 Å². The van der Waals surface area contributed by atoms with E-state index in [1.54, 1.807) is 17.0 Å². The number of amides is 3. The molecule has 0 saturated carbocycles. The van der Waals surface area contributed by atoms with Gasteiger partial charge < -0.3 is 9.64 Å². The third kappa shape index (κ3) is 4.35. The van der Waals surface area contributed by atoms with Crippen molar-refractivity contribution >= 4 is 62.4 Å². The third-order valence-electron chi connectivity index (χ3n) is 7.21. The second-order valence-corrected chi connectivity index (χ2v) is 12.6. The summed E-state index contributed by atoms with van der Waals surface area (Å²) in [6.45, 7) is 3.75. The highest BCUT2D eigenvalue weighted by molar-refractivity contribution is 9.10. The first-order valence-electron chi connectivity index (χ1n) is 12.3. The predicted octanol–water partition coefficient (Wildman–Crippen LogP) is 3.64. The van der Waals surface area contributed by atoms with Crippen LogP contribution >= 0.6 is 39.0 Å². The maximum absolute atomic E-state index is 13.9. The quantitative estimate of drug-likeness (QED) is 0.418. The summed E-state index contributed by atoms with van der Waals surface area (Å²) in [6, 6.07) is 15.0. The van der Waals surface area contributed by atoms with E-state index in [1.165, 1.54) is 21.2 Å². The van der Waals surface area contributed by atoms with E-state index in [4.69, 9.17) is 4.74 Å². The van der Waals surface area contributed by atoms with Gasteiger partial charge in [0.15, 0.2) is 0 Å². The lowest BCUT2D eigenvalue weighted by atomic mass is 9.83. The number of fused-ring (bicyclic) bond motifs is 2. The minimum Gasteiger partial charge on any atom is -0.378 e. The molecule has 2 saturated heterocycles. The molecule has 0 N–H and O–H groups in total. The number of thiazole rings is 1. The van der Waals surface area contributed by atoms with Gasteiger partial charge in [0, 0.05) is 28.4 Å². The van der Waals surface area contributed by atoms with Crippen molar-refractivity contribution in [3.8, 4) is 0 Å². The lowest BCUT2D eigenvalue weighted by Crippen LogP contribution is -2.43. The van der Waals surface area contributed by atoms with Crippen LogP contribution in [-0.2, 0) is 25.7 Å². The van der Waals surface area contributed by atoms with E-state index < -0.39 is 17.1 Å². The minimum atomic E-state index is -0.709. The molecule has 8 nitrogen and oxygen atoms in total. The molecule has 1 aromatic heterocycles. The van der Waals surface area contributed by atoms with Gasteiger partial charge in [0.05, 0.1) is 29.8 Å². The molecule has 0 radical (unpaired) electrons. The molecule has 2 fully saturated rings. The molecule has 4 heterocycles. The van der Waals surface area contributed by atoms with Crippen molar-refractivity contribution in [1.29, 1.82) is 0 Å². The van der Waals surface area contributed by atoms with Crippen LogP contribution < -0.4 is 9.77 Å². The van der Waals surface area contributed by atoms with Crippen LogP contribution in [0.4, 0.5) is 5.69 Å². The van der Waals surface area contributed by atoms with Crippen LogP contribution in [0.15, 0.2) is 62.8 Å². The Hall–Kier alpha value is -2.73. The van der Waals surface area contributed by atoms with Gasteiger partial charge in [-0.15, -0.1) is 0 Å². The van der Waals surface area contributed by atoms with Crippen molar-refractivity contribution in [2.75, 3.05) is 31.2 Å². The number of carbonyl (C=O) groups excluding carboxylic acids is 3. The average Bonchev–Trinajstić information content (AvgIpc) is 3.36. The van der Waals surface area contributed by atoms with Gasteiger partial charge in [0.2, 0.25) is 17.7 Å². The molecule has 3 aliphatic rings. The van der Waals surface area contributed by atoms with Crippen LogP contribution in [0.5, 0.6) is 0 Å². The average molecular weight is 615 g/mol. The van der Waals surface area contributed by atoms with Crippen molar-refractivity contribution in [2.24, 2.45) is 5.92 Å². The van der Waals surface area contributed by atoms with E-state index in [2.05, 4.69) is 15.9 Å². The lowest BCUT2D eigenvalue weighted by molar-refractivity contribution is -0.136. The van der Waals surface area contributed by atoms with Crippen LogP contribution in [-0.4, -0.2) is 58.7 Å². The van der Waals surface area contributed by atoms with Gasteiger partial charge in [-0.3, -0.25) is 23.7 Å². The smallest absolute Gasteiger partial charge is 0.308 e. The summed E-state index contributed by atoms with van der Waals surface area (Å²) in [7, 11) is 0. The molecule has 196 valence electrons. The van der Waals surface area contributed by atoms with Crippen LogP contribution in [0.2, 0.25) is 0 Å². The Morgan fingerprint density at radius 3 is 2.50 bits per heavy atom. The predicted molar refractivity (Wildman–Crippen MR) is 149 cm³/mol. The normalized spacial score (nSPS) is 22.9. The molecule has 0 spiro atoms. The number of aryl methyl sites for hydroxylation is 1. The van der Waals surface area contributed by atoms with Gasteiger partial charge in [-0.25, -0.2) is 4.90 Å². The Balaban J connectivity index is 1.44. The summed E-state index contributed by atoms with van der Waals surface area (Å²) in [5.74, 6) is -1.89. The Morgan fingerprint density at radius 2 is 1.79 bits per heavy atom. The zero-order valence-corrected chi connectivity index (χ0v) is 23.7. The zero-order chi connectivity index (χ0) is 26.6. The maximum atomic E-state index is 13.9. The number of aromatic nitrogens is 1. The summed E-state index contributed by atoms with van der Waals surface area (Å²) in [4.78, 5) is 57.5. The molecule has 0 bridgehead atoms. The largest absolute Gasteiger partial charge is 0.378 e. The van der Waals surface area contributed by atoms with E-state index >= 15 is 0 Å². The highest BCUT2D eigenvalue weighted by Crippen LogP contribution is 2.54. The zero-order valence-electron chi connectivity index (χ0n) is 20.5. The molecule has 11 heteroatoms. The number of ether oxygens (including phenoxy) is 1. The standard InChI is InChI=1S/C27H24BrN3O5S2/c1-15-5-7-18(8-6-15)31-24(33)21-20(16-3-2-4-17(28)13-16)23-26(37-22(21)25(31)34)30(27(35)38-23)14-19(32)29-9-11-36-12-10-29/h2-8,13,20-22H,9-12,14H2,1H3/t20-,21?,22?/m1/s1. The van der Waals surface area contributed by atoms with Crippen molar-refractivity contribution in [3.05, 3.63) is 78.7 Å². The number of hydrogen-bond acceptors (Lipinski definition) is 7. The third-order valence-corrected chi connectivity index (χ3v) is 10.3. The van der Waals surface area contributed by atoms with E-state index in [-0.39, 0.29) is 29.1 Å². The minimum absolute atomic E-state index is 0.107. The molecular weight excluding hydrogens is 590 g/mol. The van der Waals surface area contributed by atoms with E-state index in [0.717, 1.165) is 31.8 Å². The first kappa shape index (κ1) is 25.5. The lowest BCUT2D eigenvalue weighted by Gasteiger charge is -2.31. The van der Waals surface area contributed by atoms with Gasteiger partial charge in [-0.05, 0) is 36.8 Å². The second kappa shape index (κ2) is 10.1. The maximum Gasteiger partial charge on any atom is 0.308 e. The van der Waals surface area contributed by atoms with Crippen molar-refractivity contribution in [2.45, 2.75) is 29.7 Å². The number of imide groups is 1. The molecule has 38 heavy (non-hydrogen) atoms. The summed E-state index contributed by atoms with van der Waals surface area (Å²) < 4.78 is 7.67. The van der Waals surface area contributed by atoms with Crippen molar-refractivity contribution < 1.29 is 19.1 Å². The topological polar surface area (TPSA) is 88.9 Å². The summed E-state index contributed by atoms with van der Waals surface area (Å²) >= 11 is 5.82. The summed E-state index contributed by atoms with van der Waals surface area (Å²) in [5.41, 5.74) is 2.41. The van der Waals surface area contributed by atoms with Crippen LogP contribution in [0.3, 0.4) is 0 Å². The molecule has 3 aromatic rings. The van der Waals surface area contributed by atoms with Crippen molar-refractivity contribution in [3.63, 3.8) is 0 Å². The summed E-state index contributed by atoms with van der Waals surface area (Å²) in [6.07, 6.45) is 0.